The summed E-state index contributed by atoms with van der Waals surface area (Å²) in [6.45, 7) is -0.354. The normalized spacial score (nSPS) is 11.1. The zero-order chi connectivity index (χ0) is 22.4. The smallest absolute Gasteiger partial charge is 0.336 e. The van der Waals surface area contributed by atoms with E-state index in [0.717, 1.165) is 22.8 Å². The molecule has 0 aliphatic rings. The summed E-state index contributed by atoms with van der Waals surface area (Å²) < 4.78 is 39.2. The summed E-state index contributed by atoms with van der Waals surface area (Å²) in [5.41, 5.74) is 1.59. The molecular formula is C24H21F3N2O2. The van der Waals surface area contributed by atoms with E-state index in [0.29, 0.717) is 0 Å². The van der Waals surface area contributed by atoms with Crippen LogP contribution in [0.25, 0.3) is 11.1 Å². The number of halogens is 3. The molecule has 0 fully saturated rings. The van der Waals surface area contributed by atoms with Crippen molar-refractivity contribution in [1.82, 2.24) is 4.90 Å². The number of benzene rings is 3. The lowest BCUT2D eigenvalue weighted by atomic mass is 10.0. The van der Waals surface area contributed by atoms with Gasteiger partial charge >= 0.3 is 6.18 Å². The number of para-hydroxylation sites is 1. The van der Waals surface area contributed by atoms with E-state index in [-0.39, 0.29) is 24.6 Å². The third-order valence-corrected chi connectivity index (χ3v) is 4.73. The fourth-order valence-corrected chi connectivity index (χ4v) is 3.09. The van der Waals surface area contributed by atoms with Crippen molar-refractivity contribution >= 4 is 17.5 Å². The third kappa shape index (κ3) is 5.94. The minimum atomic E-state index is -4.59. The van der Waals surface area contributed by atoms with Crippen LogP contribution in [0.15, 0.2) is 78.9 Å². The molecule has 3 aromatic rings. The van der Waals surface area contributed by atoms with Gasteiger partial charge in [0.25, 0.3) is 0 Å². The minimum absolute atomic E-state index is 0.0813. The number of carbonyl (C=O) groups is 2. The van der Waals surface area contributed by atoms with Crippen molar-refractivity contribution in [2.75, 3.05) is 18.9 Å². The first kappa shape index (κ1) is 22.1. The molecule has 3 aromatic carbocycles. The average molecular weight is 426 g/mol. The number of carbonyl (C=O) groups excluding carboxylic acids is 2. The summed E-state index contributed by atoms with van der Waals surface area (Å²) in [6, 6.07) is 22.0. The summed E-state index contributed by atoms with van der Waals surface area (Å²) in [5, 5.41) is 2.24. The van der Waals surface area contributed by atoms with Gasteiger partial charge in [0.2, 0.25) is 11.8 Å². The Morgan fingerprint density at radius 1 is 0.839 bits per heavy atom. The number of likely N-dealkylation sites (N-methyl/N-ethyl adjacent to an activating group) is 1. The lowest BCUT2D eigenvalue weighted by Crippen LogP contribution is -2.36. The molecule has 0 saturated heterocycles. The summed E-state index contributed by atoms with van der Waals surface area (Å²) in [5.74, 6) is -1.02. The van der Waals surface area contributed by atoms with Crippen LogP contribution in [0.1, 0.15) is 11.1 Å². The molecule has 0 atom stereocenters. The second kappa shape index (κ2) is 9.47. The van der Waals surface area contributed by atoms with Gasteiger partial charge in [0.15, 0.2) is 0 Å². The molecule has 1 N–H and O–H groups in total. The molecule has 7 heteroatoms. The van der Waals surface area contributed by atoms with Crippen molar-refractivity contribution in [2.45, 2.75) is 12.6 Å². The summed E-state index contributed by atoms with van der Waals surface area (Å²) in [6.07, 6.45) is -4.50. The molecule has 0 spiro atoms. The molecule has 3 rings (SSSR count). The monoisotopic (exact) mass is 426 g/mol. The Morgan fingerprint density at radius 2 is 1.42 bits per heavy atom. The lowest BCUT2D eigenvalue weighted by molar-refractivity contribution is -0.137. The van der Waals surface area contributed by atoms with Crippen molar-refractivity contribution in [1.29, 1.82) is 0 Å². The number of nitrogens with zero attached hydrogens (tertiary/aromatic N) is 1. The van der Waals surface area contributed by atoms with Crippen LogP contribution in [0.3, 0.4) is 0 Å². The molecule has 0 aromatic heterocycles. The molecular weight excluding hydrogens is 405 g/mol. The second-order valence-electron chi connectivity index (χ2n) is 7.08. The number of alkyl halides is 3. The standard InChI is InChI=1S/C24H21F3N2O2/c1-29(16-22(30)28-21-10-6-5-9-20(21)24(25,26)27)23(31)15-17-11-13-19(14-12-17)18-7-3-2-4-8-18/h2-14H,15-16H2,1H3,(H,28,30). The van der Waals surface area contributed by atoms with Gasteiger partial charge in [0, 0.05) is 7.05 Å². The maximum Gasteiger partial charge on any atom is 0.418 e. The fraction of sp³-hybridized carbons (Fsp3) is 0.167. The zero-order valence-corrected chi connectivity index (χ0v) is 16.8. The van der Waals surface area contributed by atoms with Crippen LogP contribution in [0.2, 0.25) is 0 Å². The molecule has 0 saturated carbocycles. The van der Waals surface area contributed by atoms with Crippen LogP contribution in [0, 0.1) is 0 Å². The zero-order valence-electron chi connectivity index (χ0n) is 16.8. The van der Waals surface area contributed by atoms with Crippen molar-refractivity contribution in [2.24, 2.45) is 0 Å². The van der Waals surface area contributed by atoms with Crippen LogP contribution in [0.4, 0.5) is 18.9 Å². The first-order valence-corrected chi connectivity index (χ1v) is 9.58. The van der Waals surface area contributed by atoms with Crippen LogP contribution in [-0.2, 0) is 22.2 Å². The molecule has 2 amide bonds. The van der Waals surface area contributed by atoms with Gasteiger partial charge in [-0.3, -0.25) is 9.59 Å². The van der Waals surface area contributed by atoms with Crippen molar-refractivity contribution in [3.8, 4) is 11.1 Å². The number of amides is 2. The average Bonchev–Trinajstić information content (AvgIpc) is 2.74. The highest BCUT2D eigenvalue weighted by Gasteiger charge is 2.33. The Hall–Kier alpha value is -3.61. The molecule has 160 valence electrons. The van der Waals surface area contributed by atoms with Gasteiger partial charge in [-0.05, 0) is 28.8 Å². The Balaban J connectivity index is 1.58. The largest absolute Gasteiger partial charge is 0.418 e. The summed E-state index contributed by atoms with van der Waals surface area (Å²) in [7, 11) is 1.44. The van der Waals surface area contributed by atoms with Crippen LogP contribution in [0.5, 0.6) is 0 Å². The molecule has 0 bridgehead atoms. The Morgan fingerprint density at radius 3 is 2.06 bits per heavy atom. The third-order valence-electron chi connectivity index (χ3n) is 4.73. The highest BCUT2D eigenvalue weighted by molar-refractivity contribution is 5.95. The van der Waals surface area contributed by atoms with Gasteiger partial charge in [-0.15, -0.1) is 0 Å². The quantitative estimate of drug-likeness (QED) is 0.602. The van der Waals surface area contributed by atoms with Gasteiger partial charge in [-0.1, -0.05) is 66.7 Å². The number of hydrogen-bond donors (Lipinski definition) is 1. The highest BCUT2D eigenvalue weighted by atomic mass is 19.4. The number of hydrogen-bond acceptors (Lipinski definition) is 2. The number of nitrogens with one attached hydrogen (secondary N) is 1. The van der Waals surface area contributed by atoms with E-state index in [4.69, 9.17) is 0 Å². The summed E-state index contributed by atoms with van der Waals surface area (Å²) in [4.78, 5) is 25.8. The highest BCUT2D eigenvalue weighted by Crippen LogP contribution is 2.34. The van der Waals surface area contributed by atoms with E-state index in [9.17, 15) is 22.8 Å². The molecule has 0 aliphatic heterocycles. The van der Waals surface area contributed by atoms with Crippen molar-refractivity contribution < 1.29 is 22.8 Å². The first-order valence-electron chi connectivity index (χ1n) is 9.58. The number of anilines is 1. The van der Waals surface area contributed by atoms with Crippen LogP contribution < -0.4 is 5.32 Å². The molecule has 0 aliphatic carbocycles. The van der Waals surface area contributed by atoms with E-state index in [1.54, 1.807) is 0 Å². The lowest BCUT2D eigenvalue weighted by Gasteiger charge is -2.18. The topological polar surface area (TPSA) is 49.4 Å². The molecule has 0 unspecified atom stereocenters. The van der Waals surface area contributed by atoms with E-state index < -0.39 is 17.6 Å². The van der Waals surface area contributed by atoms with E-state index in [2.05, 4.69) is 5.32 Å². The van der Waals surface area contributed by atoms with Gasteiger partial charge < -0.3 is 10.2 Å². The first-order chi connectivity index (χ1) is 14.7. The minimum Gasteiger partial charge on any atom is -0.336 e. The fourth-order valence-electron chi connectivity index (χ4n) is 3.09. The maximum absolute atomic E-state index is 13.1. The second-order valence-corrected chi connectivity index (χ2v) is 7.08. The van der Waals surface area contributed by atoms with Crippen LogP contribution in [-0.4, -0.2) is 30.3 Å². The van der Waals surface area contributed by atoms with Gasteiger partial charge in [-0.2, -0.15) is 13.2 Å². The molecule has 31 heavy (non-hydrogen) atoms. The van der Waals surface area contributed by atoms with Gasteiger partial charge in [0.05, 0.1) is 24.2 Å². The Labute approximate surface area is 178 Å². The van der Waals surface area contributed by atoms with Crippen LogP contribution >= 0.6 is 0 Å². The van der Waals surface area contributed by atoms with Gasteiger partial charge in [0.1, 0.15) is 0 Å². The van der Waals surface area contributed by atoms with E-state index in [1.165, 1.54) is 30.1 Å². The van der Waals surface area contributed by atoms with Crippen molar-refractivity contribution in [3.05, 3.63) is 90.0 Å². The SMILES string of the molecule is CN(CC(=O)Nc1ccccc1C(F)(F)F)C(=O)Cc1ccc(-c2ccccc2)cc1. The number of rotatable bonds is 6. The summed E-state index contributed by atoms with van der Waals surface area (Å²) >= 11 is 0. The molecule has 4 nitrogen and oxygen atoms in total. The Bertz CT molecular complexity index is 1050. The predicted octanol–water partition coefficient (Wildman–Crippen LogP) is 5.01. The van der Waals surface area contributed by atoms with Crippen molar-refractivity contribution in [3.63, 3.8) is 0 Å². The van der Waals surface area contributed by atoms with Gasteiger partial charge in [-0.25, -0.2) is 0 Å². The molecule has 0 radical (unpaired) electrons. The maximum atomic E-state index is 13.1. The Kier molecular flexibility index (Phi) is 6.74. The van der Waals surface area contributed by atoms with E-state index >= 15 is 0 Å². The molecule has 0 heterocycles. The predicted molar refractivity (Wildman–Crippen MR) is 113 cm³/mol. The van der Waals surface area contributed by atoms with E-state index in [1.807, 2.05) is 54.6 Å².